The van der Waals surface area contributed by atoms with E-state index in [-0.39, 0.29) is 13.5 Å². The number of carbonyl (C=O) groups is 1. The van der Waals surface area contributed by atoms with Crippen LogP contribution in [-0.2, 0) is 0 Å². The second kappa shape index (κ2) is 11.5. The van der Waals surface area contributed by atoms with Gasteiger partial charge in [-0.1, -0.05) is 34.1 Å². The van der Waals surface area contributed by atoms with Crippen LogP contribution in [0.1, 0.15) is 47.0 Å². The van der Waals surface area contributed by atoms with Gasteiger partial charge in [-0.25, -0.2) is 9.78 Å². The summed E-state index contributed by atoms with van der Waals surface area (Å²) in [4.78, 5) is 18.0. The van der Waals surface area contributed by atoms with Gasteiger partial charge in [-0.2, -0.15) is 0 Å². The maximum Gasteiger partial charge on any atom is 0.326 e. The summed E-state index contributed by atoms with van der Waals surface area (Å²) in [6.45, 7) is 8.26. The van der Waals surface area contributed by atoms with Gasteiger partial charge in [-0.05, 0) is 25.9 Å². The number of unbranched alkanes of at least 4 members (excludes halogenated alkanes) is 2. The topological polar surface area (TPSA) is 50.2 Å². The molecule has 1 heterocycles. The van der Waals surface area contributed by atoms with Crippen molar-refractivity contribution in [3.8, 4) is 0 Å². The molecule has 0 aliphatic rings. The van der Waals surface area contributed by atoms with Gasteiger partial charge in [-0.15, -0.1) is 0 Å². The Kier molecular flexibility index (Phi) is 10.7. The third-order valence-corrected chi connectivity index (χ3v) is 3.10. The van der Waals surface area contributed by atoms with Gasteiger partial charge >= 0.3 is 6.03 Å². The smallest absolute Gasteiger partial charge is 0.326 e. The molecular weight excluding hydrogens is 252 g/mol. The predicted molar refractivity (Wildman–Crippen MR) is 84.0 cm³/mol. The highest BCUT2D eigenvalue weighted by atomic mass is 16.2. The average molecular weight is 282 g/mol. The van der Waals surface area contributed by atoms with Crippen LogP contribution < -0.4 is 5.32 Å². The van der Waals surface area contributed by atoms with Crippen molar-refractivity contribution in [3.63, 3.8) is 0 Å². The molecule has 1 aromatic heterocycles. The molecule has 0 atom stereocenters. The van der Waals surface area contributed by atoms with Crippen molar-refractivity contribution in [2.24, 2.45) is 0 Å². The molecule has 5 nitrogen and oxygen atoms in total. The van der Waals surface area contributed by atoms with E-state index in [1.165, 1.54) is 36.6 Å². The lowest BCUT2D eigenvalue weighted by atomic mass is 10.2. The van der Waals surface area contributed by atoms with E-state index in [9.17, 15) is 4.79 Å². The third kappa shape index (κ3) is 7.28. The summed E-state index contributed by atoms with van der Waals surface area (Å²) < 4.78 is 1.46. The zero-order valence-electron chi connectivity index (χ0n) is 12.1. The van der Waals surface area contributed by atoms with E-state index in [1.807, 2.05) is 0 Å². The van der Waals surface area contributed by atoms with Gasteiger partial charge in [0.1, 0.15) is 6.33 Å². The summed E-state index contributed by atoms with van der Waals surface area (Å²) in [5.41, 5.74) is 0. The molecule has 116 valence electrons. The molecule has 0 aliphatic heterocycles. The molecule has 0 spiro atoms. The van der Waals surface area contributed by atoms with E-state index in [2.05, 4.69) is 29.0 Å². The predicted octanol–water partition coefficient (Wildman–Crippen LogP) is 2.98. The van der Waals surface area contributed by atoms with Crippen molar-refractivity contribution in [2.45, 2.75) is 47.0 Å². The number of carbonyl (C=O) groups excluding carboxylic acids is 1. The van der Waals surface area contributed by atoms with Crippen molar-refractivity contribution >= 4 is 6.03 Å². The first kappa shape index (κ1) is 18.6. The van der Waals surface area contributed by atoms with Crippen molar-refractivity contribution in [3.05, 3.63) is 18.7 Å². The van der Waals surface area contributed by atoms with E-state index in [1.54, 1.807) is 12.4 Å². The molecule has 1 rings (SSSR count). The first-order chi connectivity index (χ1) is 9.27. The van der Waals surface area contributed by atoms with Crippen LogP contribution in [0, 0.1) is 0 Å². The molecule has 0 saturated heterocycles. The van der Waals surface area contributed by atoms with Crippen LogP contribution in [0.15, 0.2) is 18.7 Å². The molecule has 0 radical (unpaired) electrons. The molecule has 1 aromatic rings. The van der Waals surface area contributed by atoms with Crippen LogP contribution in [0.2, 0.25) is 0 Å². The van der Waals surface area contributed by atoms with Gasteiger partial charge in [0.25, 0.3) is 0 Å². The van der Waals surface area contributed by atoms with E-state index in [4.69, 9.17) is 0 Å². The number of nitrogens with one attached hydrogen (secondary N) is 1. The third-order valence-electron chi connectivity index (χ3n) is 3.10. The van der Waals surface area contributed by atoms with Crippen LogP contribution in [0.3, 0.4) is 0 Å². The molecule has 1 amide bonds. The van der Waals surface area contributed by atoms with Crippen LogP contribution >= 0.6 is 0 Å². The molecule has 0 aliphatic carbocycles. The fourth-order valence-electron chi connectivity index (χ4n) is 1.89. The highest BCUT2D eigenvalue weighted by Crippen LogP contribution is 1.98. The number of imidazole rings is 1. The minimum Gasteiger partial charge on any atom is -0.336 e. The average Bonchev–Trinajstić information content (AvgIpc) is 2.95. The Morgan fingerprint density at radius 3 is 2.35 bits per heavy atom. The largest absolute Gasteiger partial charge is 0.336 e. The van der Waals surface area contributed by atoms with Gasteiger partial charge in [0.15, 0.2) is 0 Å². The lowest BCUT2D eigenvalue weighted by Gasteiger charge is -2.22. The molecule has 0 fully saturated rings. The molecular formula is C15H30N4O. The molecule has 0 saturated carbocycles. The number of nitrogens with zero attached hydrogens (tertiary/aromatic N) is 3. The Morgan fingerprint density at radius 1 is 1.20 bits per heavy atom. The van der Waals surface area contributed by atoms with Crippen LogP contribution in [0.25, 0.3) is 0 Å². The number of amides is 1. The van der Waals surface area contributed by atoms with E-state index in [0.717, 1.165) is 19.6 Å². The number of aromatic nitrogens is 2. The minimum atomic E-state index is -0.108. The molecule has 0 bridgehead atoms. The lowest BCUT2D eigenvalue weighted by molar-refractivity contribution is 0.234. The second-order valence-electron chi connectivity index (χ2n) is 4.75. The minimum absolute atomic E-state index is 0. The highest BCUT2D eigenvalue weighted by molar-refractivity contribution is 5.76. The van der Waals surface area contributed by atoms with Gasteiger partial charge in [0.05, 0.1) is 0 Å². The molecule has 0 aromatic carbocycles. The van der Waals surface area contributed by atoms with Gasteiger partial charge in [0, 0.05) is 25.5 Å². The van der Waals surface area contributed by atoms with E-state index >= 15 is 0 Å². The Labute approximate surface area is 123 Å². The first-order valence-electron chi connectivity index (χ1n) is 7.26. The normalized spacial score (nSPS) is 10.3. The van der Waals surface area contributed by atoms with E-state index in [0.29, 0.717) is 6.54 Å². The number of hydrogen-bond acceptors (Lipinski definition) is 3. The molecule has 1 N–H and O–H groups in total. The fourth-order valence-corrected chi connectivity index (χ4v) is 1.89. The monoisotopic (exact) mass is 282 g/mol. The van der Waals surface area contributed by atoms with Gasteiger partial charge in [0.2, 0.25) is 0 Å². The maximum absolute atomic E-state index is 11.7. The lowest BCUT2D eigenvalue weighted by Crippen LogP contribution is -2.37. The Balaban J connectivity index is 0.00000361. The first-order valence-corrected chi connectivity index (χ1v) is 7.26. The highest BCUT2D eigenvalue weighted by Gasteiger charge is 2.06. The summed E-state index contributed by atoms with van der Waals surface area (Å²) >= 11 is 0. The van der Waals surface area contributed by atoms with Crippen molar-refractivity contribution in [1.82, 2.24) is 19.8 Å². The summed E-state index contributed by atoms with van der Waals surface area (Å²) in [7, 11) is 0. The molecule has 5 heteroatoms. The van der Waals surface area contributed by atoms with Crippen LogP contribution in [-0.4, -0.2) is 46.7 Å². The van der Waals surface area contributed by atoms with Gasteiger partial charge < -0.3 is 10.2 Å². The molecule has 0 unspecified atom stereocenters. The standard InChI is InChI=1S/C14H26N4O.CH4/c1-3-5-9-17(10-6-4-2)11-8-16-14(19)18-12-7-15-13-18;/h7,12-13H,3-6,8-11H2,1-2H3,(H,16,19);1H4. The maximum atomic E-state index is 11.7. The zero-order chi connectivity index (χ0) is 13.9. The second-order valence-corrected chi connectivity index (χ2v) is 4.75. The van der Waals surface area contributed by atoms with E-state index < -0.39 is 0 Å². The number of hydrogen-bond donors (Lipinski definition) is 1. The quantitative estimate of drug-likeness (QED) is 0.757. The summed E-state index contributed by atoms with van der Waals surface area (Å²) in [5.74, 6) is 0. The molecule has 20 heavy (non-hydrogen) atoms. The summed E-state index contributed by atoms with van der Waals surface area (Å²) in [6.07, 6.45) is 9.64. The Hall–Kier alpha value is -1.36. The Bertz CT molecular complexity index is 330. The summed E-state index contributed by atoms with van der Waals surface area (Å²) in [5, 5.41) is 2.91. The summed E-state index contributed by atoms with van der Waals surface area (Å²) in [6, 6.07) is -0.108. The van der Waals surface area contributed by atoms with Crippen molar-refractivity contribution in [1.29, 1.82) is 0 Å². The van der Waals surface area contributed by atoms with Crippen molar-refractivity contribution < 1.29 is 4.79 Å². The van der Waals surface area contributed by atoms with Crippen LogP contribution in [0.5, 0.6) is 0 Å². The number of rotatable bonds is 9. The van der Waals surface area contributed by atoms with Crippen molar-refractivity contribution in [2.75, 3.05) is 26.2 Å². The fraction of sp³-hybridized carbons (Fsp3) is 0.733. The van der Waals surface area contributed by atoms with Gasteiger partial charge in [-0.3, -0.25) is 4.57 Å². The Morgan fingerprint density at radius 2 is 1.85 bits per heavy atom. The zero-order valence-corrected chi connectivity index (χ0v) is 12.1. The van der Waals surface area contributed by atoms with Crippen LogP contribution in [0.4, 0.5) is 4.79 Å². The SMILES string of the molecule is C.CCCCN(CCCC)CCNC(=O)n1ccnc1.